The quantitative estimate of drug-likeness (QED) is 0.800. The molecule has 0 spiro atoms. The minimum absolute atomic E-state index is 0.0180. The summed E-state index contributed by atoms with van der Waals surface area (Å²) in [6.45, 7) is 7.90. The molecule has 0 bridgehead atoms. The highest BCUT2D eigenvalue weighted by molar-refractivity contribution is 5.81. The molecule has 2 aliphatic rings. The van der Waals surface area contributed by atoms with E-state index in [0.717, 1.165) is 39.3 Å². The van der Waals surface area contributed by atoms with Crippen LogP contribution in [0.25, 0.3) is 6.08 Å². The zero-order chi connectivity index (χ0) is 18.9. The fourth-order valence-electron chi connectivity index (χ4n) is 4.18. The molecule has 1 aromatic carbocycles. The maximum atomic E-state index is 12.5. The molecule has 148 valence electrons. The highest BCUT2D eigenvalue weighted by Crippen LogP contribution is 2.22. The van der Waals surface area contributed by atoms with Gasteiger partial charge in [0, 0.05) is 39.3 Å². The molecular weight excluding hydrogens is 334 g/mol. The number of amides is 1. The first kappa shape index (κ1) is 20.1. The van der Waals surface area contributed by atoms with E-state index < -0.39 is 0 Å². The number of nitrogens with one attached hydrogen (secondary N) is 1. The van der Waals surface area contributed by atoms with Gasteiger partial charge in [-0.3, -0.25) is 14.6 Å². The molecule has 4 nitrogen and oxygen atoms in total. The molecule has 27 heavy (non-hydrogen) atoms. The minimum atomic E-state index is -0.0180. The molecule has 1 aliphatic heterocycles. The third-order valence-corrected chi connectivity index (χ3v) is 6.10. The number of carbonyl (C=O) groups is 1. The van der Waals surface area contributed by atoms with Crippen LogP contribution in [-0.2, 0) is 4.79 Å². The van der Waals surface area contributed by atoms with Gasteiger partial charge in [0.1, 0.15) is 0 Å². The molecule has 1 saturated carbocycles. The molecule has 1 saturated heterocycles. The van der Waals surface area contributed by atoms with Crippen LogP contribution in [0.5, 0.6) is 0 Å². The third kappa shape index (κ3) is 6.47. The lowest BCUT2D eigenvalue weighted by Gasteiger charge is -2.37. The van der Waals surface area contributed by atoms with Crippen molar-refractivity contribution >= 4 is 12.0 Å². The number of piperazine rings is 1. The molecule has 1 N–H and O–H groups in total. The van der Waals surface area contributed by atoms with Crippen molar-refractivity contribution in [3.8, 4) is 0 Å². The molecule has 3 rings (SSSR count). The number of nitrogens with zero attached hydrogens (tertiary/aromatic N) is 2. The summed E-state index contributed by atoms with van der Waals surface area (Å²) in [7, 11) is 0. The van der Waals surface area contributed by atoms with Gasteiger partial charge in [-0.2, -0.15) is 0 Å². The average molecular weight is 370 g/mol. The van der Waals surface area contributed by atoms with Gasteiger partial charge >= 0.3 is 0 Å². The van der Waals surface area contributed by atoms with Crippen molar-refractivity contribution in [3.05, 3.63) is 42.0 Å². The first-order chi connectivity index (χ1) is 13.2. The molecule has 1 heterocycles. The fraction of sp³-hybridized carbons (Fsp3) is 0.609. The zero-order valence-corrected chi connectivity index (χ0v) is 16.8. The van der Waals surface area contributed by atoms with Crippen molar-refractivity contribution < 1.29 is 4.79 Å². The van der Waals surface area contributed by atoms with Crippen LogP contribution in [0.3, 0.4) is 0 Å². The molecule has 1 aromatic rings. The van der Waals surface area contributed by atoms with E-state index in [-0.39, 0.29) is 11.9 Å². The molecule has 0 radical (unpaired) electrons. The molecule has 2 fully saturated rings. The molecule has 0 aromatic heterocycles. The Morgan fingerprint density at radius 3 is 2.52 bits per heavy atom. The summed E-state index contributed by atoms with van der Waals surface area (Å²) in [5.74, 6) is 0.904. The van der Waals surface area contributed by atoms with Gasteiger partial charge in [0.05, 0.1) is 6.04 Å². The van der Waals surface area contributed by atoms with E-state index in [0.29, 0.717) is 5.92 Å². The summed E-state index contributed by atoms with van der Waals surface area (Å²) >= 11 is 0. The summed E-state index contributed by atoms with van der Waals surface area (Å²) in [6, 6.07) is 10.4. The fourth-order valence-corrected chi connectivity index (χ4v) is 4.18. The summed E-state index contributed by atoms with van der Waals surface area (Å²) < 4.78 is 0. The van der Waals surface area contributed by atoms with Gasteiger partial charge in [-0.05, 0) is 31.2 Å². The normalized spacial score (nSPS) is 21.4. The van der Waals surface area contributed by atoms with Gasteiger partial charge in [-0.25, -0.2) is 0 Å². The van der Waals surface area contributed by atoms with Crippen molar-refractivity contribution in [2.24, 2.45) is 5.92 Å². The van der Waals surface area contributed by atoms with Crippen molar-refractivity contribution in [1.82, 2.24) is 15.1 Å². The lowest BCUT2D eigenvalue weighted by Crippen LogP contribution is -2.54. The molecule has 1 atom stereocenters. The Morgan fingerprint density at radius 1 is 1.11 bits per heavy atom. The van der Waals surface area contributed by atoms with E-state index in [9.17, 15) is 4.79 Å². The Balaban J connectivity index is 1.35. The third-order valence-electron chi connectivity index (χ3n) is 6.10. The SMILES string of the molecule is CC(C(=O)NCC1CCCCC1)N1CCN(C/C=C/c2ccccc2)CC1. The number of hydrogen-bond acceptors (Lipinski definition) is 3. The Bertz CT molecular complexity index is 587. The summed E-state index contributed by atoms with van der Waals surface area (Å²) in [6.07, 6.45) is 11.0. The molecular formula is C23H35N3O. The number of benzene rings is 1. The highest BCUT2D eigenvalue weighted by Gasteiger charge is 2.25. The average Bonchev–Trinajstić information content (AvgIpc) is 2.73. The largest absolute Gasteiger partial charge is 0.354 e. The maximum Gasteiger partial charge on any atom is 0.237 e. The van der Waals surface area contributed by atoms with Gasteiger partial charge in [0.25, 0.3) is 0 Å². The minimum Gasteiger partial charge on any atom is -0.354 e. The van der Waals surface area contributed by atoms with Gasteiger partial charge < -0.3 is 5.32 Å². The second-order valence-corrected chi connectivity index (χ2v) is 8.07. The lowest BCUT2D eigenvalue weighted by molar-refractivity contribution is -0.126. The van der Waals surface area contributed by atoms with Gasteiger partial charge in [0.15, 0.2) is 0 Å². The first-order valence-corrected chi connectivity index (χ1v) is 10.7. The van der Waals surface area contributed by atoms with Gasteiger partial charge in [-0.1, -0.05) is 61.7 Å². The van der Waals surface area contributed by atoms with Crippen LogP contribution >= 0.6 is 0 Å². The zero-order valence-electron chi connectivity index (χ0n) is 16.8. The van der Waals surface area contributed by atoms with Gasteiger partial charge in [0.2, 0.25) is 5.91 Å². The van der Waals surface area contributed by atoms with E-state index in [1.807, 2.05) is 6.07 Å². The van der Waals surface area contributed by atoms with Crippen molar-refractivity contribution in [1.29, 1.82) is 0 Å². The van der Waals surface area contributed by atoms with Crippen LogP contribution in [0.15, 0.2) is 36.4 Å². The number of hydrogen-bond donors (Lipinski definition) is 1. The van der Waals surface area contributed by atoms with E-state index in [2.05, 4.69) is 58.5 Å². The first-order valence-electron chi connectivity index (χ1n) is 10.7. The van der Waals surface area contributed by atoms with Crippen molar-refractivity contribution in [3.63, 3.8) is 0 Å². The molecule has 4 heteroatoms. The molecule has 1 unspecified atom stereocenters. The Labute approximate surface area is 164 Å². The van der Waals surface area contributed by atoms with Crippen LogP contribution in [0.4, 0.5) is 0 Å². The van der Waals surface area contributed by atoms with Crippen molar-refractivity contribution in [2.75, 3.05) is 39.3 Å². The predicted molar refractivity (Wildman–Crippen MR) is 113 cm³/mol. The Hall–Kier alpha value is -1.65. The van der Waals surface area contributed by atoms with E-state index in [1.54, 1.807) is 0 Å². The van der Waals surface area contributed by atoms with Crippen LogP contribution in [0.2, 0.25) is 0 Å². The van der Waals surface area contributed by atoms with Gasteiger partial charge in [-0.15, -0.1) is 0 Å². The van der Waals surface area contributed by atoms with E-state index >= 15 is 0 Å². The summed E-state index contributed by atoms with van der Waals surface area (Å²) in [4.78, 5) is 17.3. The number of carbonyl (C=O) groups excluding carboxylic acids is 1. The standard InChI is InChI=1S/C23H35N3O/c1-20(23(27)24-19-22-11-6-3-7-12-22)26-17-15-25(16-18-26)14-8-13-21-9-4-2-5-10-21/h2,4-5,8-10,13,20,22H,3,6-7,11-12,14-19H2,1H3,(H,24,27)/b13-8+. The van der Waals surface area contributed by atoms with Crippen molar-refractivity contribution in [2.45, 2.75) is 45.1 Å². The monoisotopic (exact) mass is 369 g/mol. The number of rotatable bonds is 7. The topological polar surface area (TPSA) is 35.6 Å². The highest BCUT2D eigenvalue weighted by atomic mass is 16.2. The predicted octanol–water partition coefficient (Wildman–Crippen LogP) is 3.40. The summed E-state index contributed by atoms with van der Waals surface area (Å²) in [5.41, 5.74) is 1.25. The Kier molecular flexibility index (Phi) is 7.91. The van der Waals surface area contributed by atoms with Crippen LogP contribution in [0.1, 0.15) is 44.6 Å². The summed E-state index contributed by atoms with van der Waals surface area (Å²) in [5, 5.41) is 3.21. The smallest absolute Gasteiger partial charge is 0.237 e. The van der Waals surface area contributed by atoms with E-state index in [4.69, 9.17) is 0 Å². The van der Waals surface area contributed by atoms with Crippen LogP contribution in [0, 0.1) is 5.92 Å². The van der Waals surface area contributed by atoms with Crippen LogP contribution in [-0.4, -0.2) is 61.0 Å². The molecule has 1 amide bonds. The Morgan fingerprint density at radius 2 is 1.81 bits per heavy atom. The second kappa shape index (κ2) is 10.6. The van der Waals surface area contributed by atoms with E-state index in [1.165, 1.54) is 37.7 Å². The van der Waals surface area contributed by atoms with Crippen LogP contribution < -0.4 is 5.32 Å². The maximum absolute atomic E-state index is 12.5. The molecule has 1 aliphatic carbocycles. The lowest BCUT2D eigenvalue weighted by atomic mass is 9.89. The second-order valence-electron chi connectivity index (χ2n) is 8.07.